The Kier molecular flexibility index (Phi) is 3.25. The van der Waals surface area contributed by atoms with Crippen molar-refractivity contribution in [2.75, 3.05) is 13.1 Å². The van der Waals surface area contributed by atoms with Gasteiger partial charge in [0.1, 0.15) is 0 Å². The van der Waals surface area contributed by atoms with E-state index in [0.29, 0.717) is 12.0 Å². The number of hydrogen-bond donors (Lipinski definition) is 3. The molecule has 0 bridgehead atoms. The predicted molar refractivity (Wildman–Crippen MR) is 86.1 cm³/mol. The third-order valence-electron chi connectivity index (χ3n) is 5.07. The number of rotatable bonds is 3. The van der Waals surface area contributed by atoms with Crippen molar-refractivity contribution < 1.29 is 0 Å². The van der Waals surface area contributed by atoms with Crippen molar-refractivity contribution in [2.45, 2.75) is 44.2 Å². The molecule has 1 aliphatic carbocycles. The minimum Gasteiger partial charge on any atom is -0.361 e. The second-order valence-corrected chi connectivity index (χ2v) is 6.52. The molecule has 21 heavy (non-hydrogen) atoms. The number of aromatic amines is 1. The fraction of sp³-hybridized carbons (Fsp3) is 0.529. The second-order valence-electron chi connectivity index (χ2n) is 6.52. The van der Waals surface area contributed by atoms with Gasteiger partial charge < -0.3 is 10.7 Å². The van der Waals surface area contributed by atoms with Gasteiger partial charge in [-0.1, -0.05) is 19.1 Å². The summed E-state index contributed by atoms with van der Waals surface area (Å²) in [5.41, 5.74) is 14.2. The van der Waals surface area contributed by atoms with Crippen molar-refractivity contribution in [3.8, 4) is 0 Å². The molecule has 1 fully saturated rings. The van der Waals surface area contributed by atoms with Crippen LogP contribution in [0.1, 0.15) is 36.8 Å². The monoisotopic (exact) mass is 284 g/mol. The molecule has 0 unspecified atom stereocenters. The summed E-state index contributed by atoms with van der Waals surface area (Å²) >= 11 is 0. The maximum absolute atomic E-state index is 6.34. The summed E-state index contributed by atoms with van der Waals surface area (Å²) in [5.74, 6) is 0.546. The van der Waals surface area contributed by atoms with Gasteiger partial charge in [0.2, 0.25) is 0 Å². The summed E-state index contributed by atoms with van der Waals surface area (Å²) < 4.78 is 0. The Morgan fingerprint density at radius 3 is 3.19 bits per heavy atom. The molecule has 1 saturated heterocycles. The lowest BCUT2D eigenvalue weighted by atomic mass is 9.74. The number of H-pyrrole nitrogens is 1. The number of aromatic nitrogens is 1. The summed E-state index contributed by atoms with van der Waals surface area (Å²) in [5, 5.41) is 3.86. The molecule has 4 N–H and O–H groups in total. The second kappa shape index (κ2) is 5.13. The van der Waals surface area contributed by atoms with Gasteiger partial charge in [0.25, 0.3) is 0 Å². The highest BCUT2D eigenvalue weighted by molar-refractivity contribution is 5.88. The van der Waals surface area contributed by atoms with Crippen molar-refractivity contribution >= 4 is 10.9 Å². The maximum Gasteiger partial charge on any atom is 0.0459 e. The molecular formula is C17H24N4. The minimum atomic E-state index is 0.256. The average Bonchev–Trinajstić information content (AvgIpc) is 2.90. The van der Waals surface area contributed by atoms with Crippen molar-refractivity contribution in [1.82, 2.24) is 15.4 Å². The summed E-state index contributed by atoms with van der Waals surface area (Å²) in [6.07, 6.45) is 5.55. The first-order chi connectivity index (χ1) is 10.3. The molecule has 0 amide bonds. The lowest BCUT2D eigenvalue weighted by Crippen LogP contribution is -2.59. The van der Waals surface area contributed by atoms with E-state index in [0.717, 1.165) is 32.4 Å². The first-order valence-corrected chi connectivity index (χ1v) is 8.12. The van der Waals surface area contributed by atoms with Crippen LogP contribution < -0.4 is 11.2 Å². The van der Waals surface area contributed by atoms with Crippen LogP contribution in [0.25, 0.3) is 10.9 Å². The van der Waals surface area contributed by atoms with E-state index < -0.39 is 0 Å². The third-order valence-corrected chi connectivity index (χ3v) is 5.07. The van der Waals surface area contributed by atoms with Gasteiger partial charge in [0.15, 0.2) is 0 Å². The molecule has 0 radical (unpaired) electrons. The van der Waals surface area contributed by atoms with Crippen LogP contribution >= 0.6 is 0 Å². The number of piperidine rings is 1. The van der Waals surface area contributed by atoms with Gasteiger partial charge in [-0.05, 0) is 36.5 Å². The first-order valence-electron chi connectivity index (χ1n) is 8.12. The summed E-state index contributed by atoms with van der Waals surface area (Å²) in [7, 11) is 0. The number of hydrogen-bond acceptors (Lipinski definition) is 3. The number of benzene rings is 1. The lowest BCUT2D eigenvalue weighted by molar-refractivity contribution is 0.0572. The Balaban J connectivity index is 1.75. The van der Waals surface area contributed by atoms with Crippen LogP contribution in [-0.4, -0.2) is 35.2 Å². The molecule has 1 aliphatic heterocycles. The number of nitrogens with zero attached hydrogens (tertiary/aromatic N) is 1. The summed E-state index contributed by atoms with van der Waals surface area (Å²) in [4.78, 5) is 3.43. The van der Waals surface area contributed by atoms with E-state index in [1.54, 1.807) is 0 Å². The fourth-order valence-electron chi connectivity index (χ4n) is 4.17. The number of nitrogens with one attached hydrogen (secondary N) is 2. The largest absolute Gasteiger partial charge is 0.361 e. The van der Waals surface area contributed by atoms with E-state index >= 15 is 0 Å². The Labute approximate surface area is 125 Å². The molecule has 0 spiro atoms. The van der Waals surface area contributed by atoms with Crippen LogP contribution in [0.4, 0.5) is 0 Å². The van der Waals surface area contributed by atoms with Gasteiger partial charge in [-0.15, -0.1) is 0 Å². The standard InChI is InChI=1S/C17H24N4/c1-2-6-20-21-10-12(18)8-14-13-4-3-5-15-17(13)11(9-19-15)7-16(14)21/h3-5,9,12,14,16,19-20H,2,6-8,10,18H2,1H3/t12-,14+,16+/m0/s1. The molecule has 4 rings (SSSR count). The van der Waals surface area contributed by atoms with Crippen LogP contribution in [0.15, 0.2) is 24.4 Å². The molecule has 2 aliphatic rings. The van der Waals surface area contributed by atoms with E-state index in [1.165, 1.54) is 22.0 Å². The topological polar surface area (TPSA) is 57.1 Å². The maximum atomic E-state index is 6.34. The first kappa shape index (κ1) is 13.3. The normalized spacial score (nSPS) is 28.8. The molecule has 2 heterocycles. The van der Waals surface area contributed by atoms with Crippen molar-refractivity contribution in [2.24, 2.45) is 5.73 Å². The Morgan fingerprint density at radius 2 is 2.33 bits per heavy atom. The lowest BCUT2D eigenvalue weighted by Gasteiger charge is -2.46. The van der Waals surface area contributed by atoms with Gasteiger partial charge in [0, 0.05) is 48.2 Å². The van der Waals surface area contributed by atoms with E-state index in [4.69, 9.17) is 5.73 Å². The van der Waals surface area contributed by atoms with Crippen LogP contribution in [0, 0.1) is 0 Å². The highest BCUT2D eigenvalue weighted by Gasteiger charge is 2.39. The molecule has 0 saturated carbocycles. The van der Waals surface area contributed by atoms with Crippen LogP contribution in [0.5, 0.6) is 0 Å². The van der Waals surface area contributed by atoms with E-state index in [9.17, 15) is 0 Å². The zero-order valence-corrected chi connectivity index (χ0v) is 12.6. The smallest absolute Gasteiger partial charge is 0.0459 e. The van der Waals surface area contributed by atoms with Gasteiger partial charge >= 0.3 is 0 Å². The van der Waals surface area contributed by atoms with Crippen molar-refractivity contribution in [3.05, 3.63) is 35.5 Å². The summed E-state index contributed by atoms with van der Waals surface area (Å²) in [6.45, 7) is 4.19. The highest BCUT2D eigenvalue weighted by Crippen LogP contribution is 2.42. The molecule has 4 nitrogen and oxygen atoms in total. The molecule has 3 atom stereocenters. The quantitative estimate of drug-likeness (QED) is 0.809. The summed E-state index contributed by atoms with van der Waals surface area (Å²) in [6, 6.07) is 7.44. The molecular weight excluding hydrogens is 260 g/mol. The van der Waals surface area contributed by atoms with Gasteiger partial charge in [-0.2, -0.15) is 0 Å². The van der Waals surface area contributed by atoms with Crippen LogP contribution in [-0.2, 0) is 6.42 Å². The van der Waals surface area contributed by atoms with E-state index in [-0.39, 0.29) is 6.04 Å². The minimum absolute atomic E-state index is 0.256. The highest BCUT2D eigenvalue weighted by atomic mass is 15.5. The number of fused-ring (bicyclic) bond motifs is 2. The Morgan fingerprint density at radius 1 is 1.43 bits per heavy atom. The zero-order chi connectivity index (χ0) is 14.4. The number of nitrogens with two attached hydrogens (primary N) is 1. The average molecular weight is 284 g/mol. The molecule has 4 heteroatoms. The van der Waals surface area contributed by atoms with E-state index in [1.807, 2.05) is 0 Å². The zero-order valence-electron chi connectivity index (χ0n) is 12.6. The molecule has 2 aromatic rings. The van der Waals surface area contributed by atoms with E-state index in [2.05, 4.69) is 46.7 Å². The molecule has 1 aromatic heterocycles. The fourth-order valence-corrected chi connectivity index (χ4v) is 4.17. The Hall–Kier alpha value is -1.36. The van der Waals surface area contributed by atoms with Crippen LogP contribution in [0.2, 0.25) is 0 Å². The molecule has 112 valence electrons. The van der Waals surface area contributed by atoms with Gasteiger partial charge in [-0.3, -0.25) is 5.43 Å². The van der Waals surface area contributed by atoms with Crippen molar-refractivity contribution in [3.63, 3.8) is 0 Å². The third kappa shape index (κ3) is 2.09. The Bertz CT molecular complexity index is 647. The van der Waals surface area contributed by atoms with Crippen LogP contribution in [0.3, 0.4) is 0 Å². The van der Waals surface area contributed by atoms with Gasteiger partial charge in [-0.25, -0.2) is 5.01 Å². The molecule has 1 aromatic carbocycles. The number of hydrazine groups is 1. The SMILES string of the molecule is CCCNN1C[C@@H](N)C[C@@H]2c3cccc4[nH]cc(c34)C[C@H]21. The van der Waals surface area contributed by atoms with Gasteiger partial charge in [0.05, 0.1) is 0 Å². The van der Waals surface area contributed by atoms with Crippen molar-refractivity contribution in [1.29, 1.82) is 0 Å². The predicted octanol–water partition coefficient (Wildman–Crippen LogP) is 2.12.